The highest BCUT2D eigenvalue weighted by molar-refractivity contribution is 6.21. The quantitative estimate of drug-likeness (QED) is 0.875. The van der Waals surface area contributed by atoms with Crippen LogP contribution in [-0.4, -0.2) is 17.1 Å². The van der Waals surface area contributed by atoms with Crippen molar-refractivity contribution in [1.29, 1.82) is 0 Å². The molecule has 2 amide bonds. The summed E-state index contributed by atoms with van der Waals surface area (Å²) in [5.74, 6) is -1.10. The molecule has 0 bridgehead atoms. The summed E-state index contributed by atoms with van der Waals surface area (Å²) in [4.78, 5) is 24.1. The van der Waals surface area contributed by atoms with Crippen molar-refractivity contribution in [3.63, 3.8) is 0 Å². The highest BCUT2D eigenvalue weighted by atomic mass is 19.1. The molecule has 1 aliphatic heterocycles. The third kappa shape index (κ3) is 1.74. The van der Waals surface area contributed by atoms with Crippen molar-refractivity contribution in [1.82, 2.24) is 0 Å². The topological polar surface area (TPSA) is 57.6 Å². The third-order valence-corrected chi connectivity index (χ3v) is 3.65. The average Bonchev–Trinajstić information content (AvgIpc) is 2.70. The Hall–Kier alpha value is -2.69. The van der Waals surface area contributed by atoms with Crippen molar-refractivity contribution in [3.8, 4) is 0 Å². The van der Waals surface area contributed by atoms with Crippen LogP contribution in [0.25, 0.3) is 0 Å². The van der Waals surface area contributed by atoms with E-state index >= 15 is 4.39 Å². The molecule has 0 saturated carbocycles. The maximum Gasteiger partial charge on any atom is 0.418 e. The van der Waals surface area contributed by atoms with Crippen molar-refractivity contribution in [2.24, 2.45) is 0 Å². The van der Waals surface area contributed by atoms with Crippen molar-refractivity contribution < 1.29 is 19.1 Å². The number of imide groups is 1. The Morgan fingerprint density at radius 3 is 2.38 bits per heavy atom. The van der Waals surface area contributed by atoms with Gasteiger partial charge in [0.15, 0.2) is 0 Å². The first-order valence-corrected chi connectivity index (χ1v) is 6.39. The van der Waals surface area contributed by atoms with Crippen molar-refractivity contribution >= 4 is 17.7 Å². The van der Waals surface area contributed by atoms with Crippen LogP contribution < -0.4 is 4.90 Å². The number of fused-ring (bicyclic) bond motifs is 1. The molecule has 1 atom stereocenters. The molecule has 1 heterocycles. The smallest absolute Gasteiger partial charge is 0.418 e. The minimum absolute atomic E-state index is 0.0567. The van der Waals surface area contributed by atoms with Gasteiger partial charge in [-0.1, -0.05) is 48.0 Å². The molecule has 4 nitrogen and oxygen atoms in total. The fourth-order valence-corrected chi connectivity index (χ4v) is 2.59. The minimum Gasteiger partial charge on any atom is -0.464 e. The van der Waals surface area contributed by atoms with E-state index in [0.29, 0.717) is 4.90 Å². The van der Waals surface area contributed by atoms with E-state index in [0.717, 1.165) is 5.56 Å². The number of carbonyl (C=O) groups is 2. The van der Waals surface area contributed by atoms with Crippen LogP contribution >= 0.6 is 0 Å². The van der Waals surface area contributed by atoms with Crippen LogP contribution in [-0.2, 0) is 10.5 Å². The standard InChI is InChI=1S/C16H12FNO3/c1-10-6-8-11(9-7-10)16(17)12-4-2-3-5-13(12)18(14(16)19)15(20)21/h2-9H,1H3,(H,20,21). The molecule has 0 saturated heterocycles. The molecule has 0 spiro atoms. The SMILES string of the molecule is Cc1ccc(C2(F)C(=O)N(C(=O)O)c3ccccc32)cc1. The number of hydrogen-bond donors (Lipinski definition) is 1. The summed E-state index contributed by atoms with van der Waals surface area (Å²) in [6.07, 6.45) is -1.49. The predicted octanol–water partition coefficient (Wildman–Crippen LogP) is 3.23. The van der Waals surface area contributed by atoms with Crippen LogP contribution in [0.3, 0.4) is 0 Å². The van der Waals surface area contributed by atoms with Crippen LogP contribution in [0.1, 0.15) is 16.7 Å². The maximum atomic E-state index is 15.5. The van der Waals surface area contributed by atoms with Gasteiger partial charge in [0, 0.05) is 11.1 Å². The number of rotatable bonds is 1. The number of para-hydroxylation sites is 1. The van der Waals surface area contributed by atoms with Gasteiger partial charge in [-0.15, -0.1) is 0 Å². The fourth-order valence-electron chi connectivity index (χ4n) is 2.59. The second-order valence-electron chi connectivity index (χ2n) is 4.96. The first-order valence-electron chi connectivity index (χ1n) is 6.39. The van der Waals surface area contributed by atoms with Gasteiger partial charge in [-0.05, 0) is 13.0 Å². The largest absolute Gasteiger partial charge is 0.464 e. The van der Waals surface area contributed by atoms with Crippen LogP contribution in [0.15, 0.2) is 48.5 Å². The van der Waals surface area contributed by atoms with E-state index in [1.54, 1.807) is 24.3 Å². The summed E-state index contributed by atoms with van der Waals surface area (Å²) < 4.78 is 15.5. The number of aryl methyl sites for hydroxylation is 1. The van der Waals surface area contributed by atoms with Gasteiger partial charge in [0.2, 0.25) is 5.67 Å². The predicted molar refractivity (Wildman–Crippen MR) is 75.0 cm³/mol. The molecule has 5 heteroatoms. The van der Waals surface area contributed by atoms with Gasteiger partial charge in [-0.2, -0.15) is 0 Å². The summed E-state index contributed by atoms with van der Waals surface area (Å²) in [6, 6.07) is 12.4. The van der Waals surface area contributed by atoms with Crippen molar-refractivity contribution in [3.05, 3.63) is 65.2 Å². The van der Waals surface area contributed by atoms with Gasteiger partial charge in [0.1, 0.15) is 0 Å². The molecule has 0 aliphatic carbocycles. The molecule has 2 aromatic rings. The Bertz CT molecular complexity index is 741. The first-order chi connectivity index (χ1) is 9.96. The second kappa shape index (κ2) is 4.41. The zero-order chi connectivity index (χ0) is 15.2. The highest BCUT2D eigenvalue weighted by Gasteiger charge is 2.55. The van der Waals surface area contributed by atoms with Crippen LogP contribution in [0.4, 0.5) is 14.9 Å². The molecule has 0 aromatic heterocycles. The van der Waals surface area contributed by atoms with E-state index in [-0.39, 0.29) is 16.8 Å². The Morgan fingerprint density at radius 2 is 1.76 bits per heavy atom. The molecule has 3 rings (SSSR count). The molecular weight excluding hydrogens is 273 g/mol. The molecule has 1 unspecified atom stereocenters. The molecule has 21 heavy (non-hydrogen) atoms. The maximum absolute atomic E-state index is 15.5. The number of carboxylic acid groups (broad SMARTS) is 1. The number of nitrogens with zero attached hydrogens (tertiary/aromatic N) is 1. The van der Waals surface area contributed by atoms with Gasteiger partial charge in [-0.3, -0.25) is 4.79 Å². The highest BCUT2D eigenvalue weighted by Crippen LogP contribution is 2.47. The van der Waals surface area contributed by atoms with Gasteiger partial charge in [-0.25, -0.2) is 14.1 Å². The zero-order valence-electron chi connectivity index (χ0n) is 11.2. The van der Waals surface area contributed by atoms with Crippen molar-refractivity contribution in [2.45, 2.75) is 12.6 Å². The summed E-state index contributed by atoms with van der Waals surface area (Å²) in [5.41, 5.74) is -1.28. The number of anilines is 1. The molecule has 0 radical (unpaired) electrons. The van der Waals surface area contributed by atoms with Gasteiger partial charge in [0.25, 0.3) is 5.91 Å². The average molecular weight is 285 g/mol. The monoisotopic (exact) mass is 285 g/mol. The molecular formula is C16H12FNO3. The van der Waals surface area contributed by atoms with E-state index in [1.165, 1.54) is 24.3 Å². The molecule has 1 N–H and O–H groups in total. The Labute approximate surface area is 120 Å². The van der Waals surface area contributed by atoms with Crippen LogP contribution in [0.5, 0.6) is 0 Å². The molecule has 0 fully saturated rings. The van der Waals surface area contributed by atoms with E-state index in [1.807, 2.05) is 6.92 Å². The summed E-state index contributed by atoms with van der Waals surface area (Å²) >= 11 is 0. The van der Waals surface area contributed by atoms with E-state index < -0.39 is 17.7 Å². The van der Waals surface area contributed by atoms with E-state index in [2.05, 4.69) is 0 Å². The lowest BCUT2D eigenvalue weighted by Crippen LogP contribution is -2.40. The minimum atomic E-state index is -2.47. The number of halogens is 1. The lowest BCUT2D eigenvalue weighted by atomic mass is 9.89. The number of alkyl halides is 1. The van der Waals surface area contributed by atoms with E-state index in [9.17, 15) is 14.7 Å². The molecule has 106 valence electrons. The second-order valence-corrected chi connectivity index (χ2v) is 4.96. The summed E-state index contributed by atoms with van der Waals surface area (Å²) in [5, 5.41) is 9.19. The van der Waals surface area contributed by atoms with Crippen LogP contribution in [0.2, 0.25) is 0 Å². The Balaban J connectivity index is 2.25. The lowest BCUT2D eigenvalue weighted by Gasteiger charge is -2.19. The van der Waals surface area contributed by atoms with Gasteiger partial charge >= 0.3 is 6.09 Å². The lowest BCUT2D eigenvalue weighted by molar-refractivity contribution is -0.126. The summed E-state index contributed by atoms with van der Waals surface area (Å²) in [6.45, 7) is 1.85. The first kappa shape index (κ1) is 13.3. The van der Waals surface area contributed by atoms with Crippen LogP contribution in [0, 0.1) is 6.92 Å². The fraction of sp³-hybridized carbons (Fsp3) is 0.125. The van der Waals surface area contributed by atoms with Gasteiger partial charge in [0.05, 0.1) is 5.69 Å². The molecule has 2 aromatic carbocycles. The van der Waals surface area contributed by atoms with Gasteiger partial charge < -0.3 is 5.11 Å². The Morgan fingerprint density at radius 1 is 1.14 bits per heavy atom. The molecule has 1 aliphatic rings. The normalized spacial score (nSPS) is 20.5. The number of benzene rings is 2. The number of hydrogen-bond acceptors (Lipinski definition) is 2. The summed E-state index contributed by atoms with van der Waals surface area (Å²) in [7, 11) is 0. The third-order valence-electron chi connectivity index (χ3n) is 3.65. The van der Waals surface area contributed by atoms with Crippen molar-refractivity contribution in [2.75, 3.05) is 4.90 Å². The Kier molecular flexibility index (Phi) is 2.79. The number of carbonyl (C=O) groups excluding carboxylic acids is 1. The van der Waals surface area contributed by atoms with E-state index in [4.69, 9.17) is 0 Å². The zero-order valence-corrected chi connectivity index (χ0v) is 11.2. The number of amides is 2.